The van der Waals surface area contributed by atoms with Crippen LogP contribution in [0.3, 0.4) is 0 Å². The third-order valence-electron chi connectivity index (χ3n) is 6.81. The fraction of sp³-hybridized carbons (Fsp3) is 0.0645. The maximum absolute atomic E-state index is 13.6. The van der Waals surface area contributed by atoms with Crippen LogP contribution >= 0.6 is 0 Å². The molecule has 0 fully saturated rings. The molecule has 3 aromatic carbocycles. The number of ether oxygens (including phenoxy) is 1. The zero-order valence-corrected chi connectivity index (χ0v) is 21.1. The predicted octanol–water partition coefficient (Wildman–Crippen LogP) is 7.68. The monoisotopic (exact) mass is 581 g/mol. The number of benzene rings is 3. The van der Waals surface area contributed by atoms with Crippen molar-refractivity contribution in [1.82, 2.24) is 0 Å². The van der Waals surface area contributed by atoms with Crippen LogP contribution in [0.2, 0.25) is 0 Å². The molecule has 0 bridgehead atoms. The SMILES string of the molecule is N#CC(C#N)=C1C(c2ccc3c(c2)C(=C(C#N)C#N)c2cc(C(F)(F)F)ccc2-3)=C(C#N)c2ccc(OC(F)(F)F)cc21. The van der Waals surface area contributed by atoms with Crippen molar-refractivity contribution >= 4 is 22.3 Å². The number of alkyl halides is 6. The van der Waals surface area contributed by atoms with Gasteiger partial charge in [0.15, 0.2) is 0 Å². The van der Waals surface area contributed by atoms with Gasteiger partial charge in [-0.2, -0.15) is 39.5 Å². The van der Waals surface area contributed by atoms with Crippen LogP contribution < -0.4 is 4.74 Å². The standard InChI is InChI=1S/C31H9F6N5O/c32-30(33,34)18-2-5-21-20-4-1-15(7-23(20)27(24(21)8-18)16(10-38)11-39)28-26(14-42)22-6-3-19(43-31(35,36)37)9-25(22)29(28)17(12-40)13-41/h1-9H. The third kappa shape index (κ3) is 4.62. The van der Waals surface area contributed by atoms with Crippen LogP contribution in [0, 0.1) is 56.7 Å². The Balaban J connectivity index is 1.79. The normalized spacial score (nSPS) is 13.0. The second-order valence-corrected chi connectivity index (χ2v) is 9.08. The van der Waals surface area contributed by atoms with E-state index in [0.29, 0.717) is 11.1 Å². The number of nitrogens with zero attached hydrogens (tertiary/aromatic N) is 5. The number of fused-ring (bicyclic) bond motifs is 4. The van der Waals surface area contributed by atoms with E-state index in [2.05, 4.69) is 4.74 Å². The number of allylic oxidation sites excluding steroid dienone is 5. The van der Waals surface area contributed by atoms with Crippen LogP contribution in [-0.4, -0.2) is 6.36 Å². The molecule has 2 aliphatic rings. The van der Waals surface area contributed by atoms with Crippen molar-refractivity contribution in [3.05, 3.63) is 99.1 Å². The Kier molecular flexibility index (Phi) is 6.55. The van der Waals surface area contributed by atoms with Crippen molar-refractivity contribution < 1.29 is 31.1 Å². The molecule has 0 unspecified atom stereocenters. The number of halogens is 6. The van der Waals surface area contributed by atoms with Crippen molar-refractivity contribution in [2.24, 2.45) is 0 Å². The molecule has 12 heteroatoms. The fourth-order valence-electron chi connectivity index (χ4n) is 5.20. The van der Waals surface area contributed by atoms with Crippen LogP contribution in [0.5, 0.6) is 5.75 Å². The molecule has 0 radical (unpaired) electrons. The molecular formula is C31H9F6N5O. The molecule has 6 nitrogen and oxygen atoms in total. The van der Waals surface area contributed by atoms with Crippen LogP contribution in [0.1, 0.15) is 33.4 Å². The number of nitriles is 5. The van der Waals surface area contributed by atoms with Crippen molar-refractivity contribution in [3.63, 3.8) is 0 Å². The van der Waals surface area contributed by atoms with Gasteiger partial charge in [-0.05, 0) is 69.8 Å². The average Bonchev–Trinajstić information content (AvgIpc) is 3.45. The minimum atomic E-state index is -5.05. The van der Waals surface area contributed by atoms with Crippen molar-refractivity contribution in [2.45, 2.75) is 12.5 Å². The highest BCUT2D eigenvalue weighted by Crippen LogP contribution is 2.52. The molecule has 3 aromatic rings. The summed E-state index contributed by atoms with van der Waals surface area (Å²) in [4.78, 5) is 0. The molecule has 2 aliphatic carbocycles. The summed E-state index contributed by atoms with van der Waals surface area (Å²) >= 11 is 0. The molecule has 0 saturated carbocycles. The smallest absolute Gasteiger partial charge is 0.406 e. The van der Waals surface area contributed by atoms with Gasteiger partial charge in [0, 0.05) is 22.3 Å². The highest BCUT2D eigenvalue weighted by molar-refractivity contribution is 6.26. The van der Waals surface area contributed by atoms with Crippen molar-refractivity contribution in [2.75, 3.05) is 0 Å². The second-order valence-electron chi connectivity index (χ2n) is 9.08. The molecule has 0 spiro atoms. The molecule has 206 valence electrons. The van der Waals surface area contributed by atoms with Gasteiger partial charge in [0.25, 0.3) is 0 Å². The number of rotatable bonds is 2. The molecule has 0 heterocycles. The second kappa shape index (κ2) is 9.96. The van der Waals surface area contributed by atoms with Gasteiger partial charge in [-0.15, -0.1) is 13.2 Å². The lowest BCUT2D eigenvalue weighted by Crippen LogP contribution is -2.17. The van der Waals surface area contributed by atoms with Gasteiger partial charge in [-0.1, -0.05) is 18.2 Å². The van der Waals surface area contributed by atoms with E-state index in [4.69, 9.17) is 0 Å². The first kappa shape index (κ1) is 28.2. The highest BCUT2D eigenvalue weighted by Gasteiger charge is 2.37. The maximum Gasteiger partial charge on any atom is 0.573 e. The summed E-state index contributed by atoms with van der Waals surface area (Å²) in [7, 11) is 0. The van der Waals surface area contributed by atoms with Crippen LogP contribution in [-0.2, 0) is 6.18 Å². The van der Waals surface area contributed by atoms with Crippen LogP contribution in [0.25, 0.3) is 33.4 Å². The van der Waals surface area contributed by atoms with E-state index < -0.39 is 35.0 Å². The first-order valence-electron chi connectivity index (χ1n) is 11.9. The maximum atomic E-state index is 13.6. The first-order chi connectivity index (χ1) is 20.4. The summed E-state index contributed by atoms with van der Waals surface area (Å²) in [5.41, 5.74) is -1.39. The highest BCUT2D eigenvalue weighted by atomic mass is 19.4. The van der Waals surface area contributed by atoms with E-state index in [9.17, 15) is 52.7 Å². The van der Waals surface area contributed by atoms with E-state index >= 15 is 0 Å². The zero-order chi connectivity index (χ0) is 31.3. The lowest BCUT2D eigenvalue weighted by molar-refractivity contribution is -0.274. The molecule has 0 saturated heterocycles. The molecule has 0 N–H and O–H groups in total. The summed E-state index contributed by atoms with van der Waals surface area (Å²) in [6.07, 6.45) is -9.78. The lowest BCUT2D eigenvalue weighted by atomic mass is 9.90. The first-order valence-corrected chi connectivity index (χ1v) is 11.9. The fourth-order valence-corrected chi connectivity index (χ4v) is 5.20. The Labute approximate surface area is 238 Å². The molecule has 0 amide bonds. The average molecular weight is 581 g/mol. The van der Waals surface area contributed by atoms with Gasteiger partial charge >= 0.3 is 12.5 Å². The third-order valence-corrected chi connectivity index (χ3v) is 6.81. The molecule has 0 aliphatic heterocycles. The predicted molar refractivity (Wildman–Crippen MR) is 138 cm³/mol. The topological polar surface area (TPSA) is 128 Å². The van der Waals surface area contributed by atoms with Crippen molar-refractivity contribution in [1.29, 1.82) is 26.3 Å². The van der Waals surface area contributed by atoms with E-state index in [1.54, 1.807) is 24.3 Å². The lowest BCUT2D eigenvalue weighted by Gasteiger charge is -2.12. The summed E-state index contributed by atoms with van der Waals surface area (Å²) < 4.78 is 83.5. The Bertz CT molecular complexity index is 2050. The Morgan fingerprint density at radius 2 is 1.12 bits per heavy atom. The van der Waals surface area contributed by atoms with E-state index in [1.807, 2.05) is 6.07 Å². The molecule has 43 heavy (non-hydrogen) atoms. The van der Waals surface area contributed by atoms with Gasteiger partial charge in [0.1, 0.15) is 47.2 Å². The van der Waals surface area contributed by atoms with Gasteiger partial charge in [0.05, 0.1) is 11.1 Å². The van der Waals surface area contributed by atoms with Gasteiger partial charge in [-0.25, -0.2) is 0 Å². The van der Waals surface area contributed by atoms with Crippen LogP contribution in [0.4, 0.5) is 26.3 Å². The Hall–Kier alpha value is -6.29. The Morgan fingerprint density at radius 1 is 0.581 bits per heavy atom. The molecule has 5 rings (SSSR count). The minimum absolute atomic E-state index is 0.00990. The van der Waals surface area contributed by atoms with Gasteiger partial charge in [-0.3, -0.25) is 0 Å². The molecule has 0 atom stereocenters. The quantitative estimate of drug-likeness (QED) is 0.176. The van der Waals surface area contributed by atoms with Crippen molar-refractivity contribution in [3.8, 4) is 47.2 Å². The summed E-state index contributed by atoms with van der Waals surface area (Å²) in [5, 5.41) is 48.8. The summed E-state index contributed by atoms with van der Waals surface area (Å²) in [6, 6.07) is 19.0. The van der Waals surface area contributed by atoms with E-state index in [1.165, 1.54) is 30.3 Å². The molecular weight excluding hydrogens is 572 g/mol. The number of hydrogen-bond acceptors (Lipinski definition) is 6. The van der Waals surface area contributed by atoms with Crippen LogP contribution in [0.15, 0.2) is 65.7 Å². The Morgan fingerprint density at radius 3 is 1.67 bits per heavy atom. The van der Waals surface area contributed by atoms with Gasteiger partial charge < -0.3 is 4.74 Å². The van der Waals surface area contributed by atoms with E-state index in [-0.39, 0.29) is 50.1 Å². The minimum Gasteiger partial charge on any atom is -0.406 e. The number of hydrogen-bond donors (Lipinski definition) is 0. The largest absolute Gasteiger partial charge is 0.573 e. The van der Waals surface area contributed by atoms with Gasteiger partial charge in [0.2, 0.25) is 0 Å². The zero-order valence-electron chi connectivity index (χ0n) is 21.1. The summed E-state index contributed by atoms with van der Waals surface area (Å²) in [5.74, 6) is -0.666. The van der Waals surface area contributed by atoms with E-state index in [0.717, 1.165) is 24.3 Å². The molecule has 0 aromatic heterocycles. The summed E-state index contributed by atoms with van der Waals surface area (Å²) in [6.45, 7) is 0.